The van der Waals surface area contributed by atoms with Crippen molar-refractivity contribution in [2.24, 2.45) is 29.6 Å². The molecule has 5 N–H and O–H groups in total. The Morgan fingerprint density at radius 2 is 1.36 bits per heavy atom. The number of rotatable bonds is 31. The molecule has 0 aliphatic carbocycles. The lowest BCUT2D eigenvalue weighted by Gasteiger charge is -2.35. The number of amides is 6. The average molecular weight is 1200 g/mol. The van der Waals surface area contributed by atoms with Crippen LogP contribution in [0.4, 0.5) is 9.59 Å². The Labute approximate surface area is 500 Å². The van der Waals surface area contributed by atoms with Crippen molar-refractivity contribution < 1.29 is 81.8 Å². The van der Waals surface area contributed by atoms with E-state index in [1.807, 2.05) is 40.7 Å². The van der Waals surface area contributed by atoms with Gasteiger partial charge < -0.3 is 59.6 Å². The number of methoxy groups -OCH3 is 1. The Hall–Kier alpha value is -7.30. The van der Waals surface area contributed by atoms with Crippen LogP contribution in [0.5, 0.6) is 5.75 Å². The van der Waals surface area contributed by atoms with Crippen LogP contribution in [0.15, 0.2) is 54.6 Å². The molecule has 0 spiro atoms. The van der Waals surface area contributed by atoms with Crippen LogP contribution in [0, 0.1) is 29.6 Å². The standard InChI is InChI=1S/C62H94N6O17/c1-17-38(8)50(65-60(79)85-62(11,12)13)48(69)33-49(70)84-53(37(6)7)52(71)39(9)54(72)63-44(30-35(2)3)56(74)68-29-21-24-45(68)57(75)66(14)47(32-41-25-27-43(81-16)28-26-41)59(78)83-40(10)51(58(76)77)64-55(73)46(31-36(4)5)67(15)61(80)82-34-42-22-19-18-20-23-42/h18-20,22-23,25-28,35-40,44-48,50-51,53,69H,17,21,24,29-34H2,1-16H3,(H,63,72)(H,64,73)(H,65,79)(H,76,77)/t38-,39+,40-,44+,45+,46-,47+,48+,50-,51+,53-/m1/s1. The lowest BCUT2D eigenvalue weighted by Crippen LogP contribution is -2.58. The molecule has 0 aromatic heterocycles. The van der Waals surface area contributed by atoms with Gasteiger partial charge in [-0.25, -0.2) is 19.2 Å². The number of likely N-dealkylation sites (tertiary alicyclic amines) is 1. The van der Waals surface area contributed by atoms with E-state index in [0.29, 0.717) is 29.7 Å². The molecule has 11 atom stereocenters. The van der Waals surface area contributed by atoms with E-state index in [9.17, 15) is 58.2 Å². The first-order chi connectivity index (χ1) is 39.7. The van der Waals surface area contributed by atoms with Gasteiger partial charge in [-0.05, 0) is 107 Å². The molecule has 0 saturated carbocycles. The number of carbonyl (C=O) groups is 10. The van der Waals surface area contributed by atoms with Crippen molar-refractivity contribution in [3.05, 3.63) is 65.7 Å². The highest BCUT2D eigenvalue weighted by Crippen LogP contribution is 2.26. The van der Waals surface area contributed by atoms with Crippen LogP contribution in [0.25, 0.3) is 0 Å². The molecule has 0 unspecified atom stereocenters. The topological polar surface area (TPSA) is 303 Å². The second-order valence-corrected chi connectivity index (χ2v) is 24.3. The van der Waals surface area contributed by atoms with Crippen molar-refractivity contribution in [2.45, 2.75) is 202 Å². The predicted octanol–water partition coefficient (Wildman–Crippen LogP) is 6.23. The third-order valence-electron chi connectivity index (χ3n) is 14.8. The smallest absolute Gasteiger partial charge is 0.410 e. The number of benzene rings is 2. The number of likely N-dealkylation sites (N-methyl/N-ethyl adjacent to an activating group) is 2. The van der Waals surface area contributed by atoms with Crippen LogP contribution in [0.3, 0.4) is 0 Å². The van der Waals surface area contributed by atoms with Crippen LogP contribution in [0.2, 0.25) is 0 Å². The zero-order valence-electron chi connectivity index (χ0n) is 52.5. The summed E-state index contributed by atoms with van der Waals surface area (Å²) in [5.41, 5.74) is 0.433. The maximum absolute atomic E-state index is 14.8. The zero-order valence-corrected chi connectivity index (χ0v) is 52.5. The molecule has 1 saturated heterocycles. The Bertz CT molecular complexity index is 2570. The van der Waals surface area contributed by atoms with Crippen LogP contribution in [-0.2, 0) is 70.3 Å². The molecule has 1 aliphatic heterocycles. The number of carboxylic acid groups (broad SMARTS) is 1. The molecule has 1 aliphatic rings. The summed E-state index contributed by atoms with van der Waals surface area (Å²) in [5, 5.41) is 29.4. The molecule has 6 amide bonds. The molecule has 0 bridgehead atoms. The fourth-order valence-corrected chi connectivity index (χ4v) is 9.72. The number of hydrogen-bond acceptors (Lipinski definition) is 16. The summed E-state index contributed by atoms with van der Waals surface area (Å²) < 4.78 is 27.6. The van der Waals surface area contributed by atoms with E-state index in [2.05, 4.69) is 16.0 Å². The number of aliphatic hydroxyl groups is 1. The van der Waals surface area contributed by atoms with Crippen LogP contribution in [-0.4, -0.2) is 172 Å². The number of aliphatic carboxylic acids is 1. The van der Waals surface area contributed by atoms with Crippen molar-refractivity contribution >= 4 is 59.5 Å². The summed E-state index contributed by atoms with van der Waals surface area (Å²) in [4.78, 5) is 142. The monoisotopic (exact) mass is 1190 g/mol. The first-order valence-electron chi connectivity index (χ1n) is 29.3. The van der Waals surface area contributed by atoms with Crippen LogP contribution < -0.4 is 20.7 Å². The minimum absolute atomic E-state index is 0.0771. The predicted molar refractivity (Wildman–Crippen MR) is 314 cm³/mol. The molecule has 2 aromatic rings. The van der Waals surface area contributed by atoms with Gasteiger partial charge in [-0.3, -0.25) is 33.7 Å². The van der Waals surface area contributed by atoms with E-state index in [-0.39, 0.29) is 56.6 Å². The number of aliphatic hydroxyl groups excluding tert-OH is 1. The molecular formula is C62H94N6O17. The minimum atomic E-state index is -1.83. The van der Waals surface area contributed by atoms with Gasteiger partial charge in [0.2, 0.25) is 23.6 Å². The van der Waals surface area contributed by atoms with Crippen molar-refractivity contribution in [3.63, 3.8) is 0 Å². The second-order valence-electron chi connectivity index (χ2n) is 24.3. The van der Waals surface area contributed by atoms with Crippen molar-refractivity contribution in [1.82, 2.24) is 30.7 Å². The van der Waals surface area contributed by atoms with Gasteiger partial charge in [-0.15, -0.1) is 0 Å². The van der Waals surface area contributed by atoms with Crippen molar-refractivity contribution in [3.8, 4) is 5.75 Å². The van der Waals surface area contributed by atoms with E-state index < -0.39 is 138 Å². The minimum Gasteiger partial charge on any atom is -0.497 e. The SMILES string of the molecule is CC[C@@H](C)[C@@H](NC(=O)OC(C)(C)C)[C@@H](O)CC(=O)O[C@@H](C(=O)[C@H](C)C(=O)N[C@@H](CC(C)C)C(=O)N1CCC[C@H]1C(=O)N(C)[C@@H](Cc1ccc(OC)cc1)C(=O)O[C@H](C)[C@H](NC(=O)[C@@H](CC(C)C)N(C)C(=O)OCc1ccccc1)C(=O)O)C(C)C. The van der Waals surface area contributed by atoms with Crippen molar-refractivity contribution in [1.29, 1.82) is 0 Å². The quantitative estimate of drug-likeness (QED) is 0.0317. The number of carbonyl (C=O) groups excluding carboxylic acids is 9. The largest absolute Gasteiger partial charge is 0.497 e. The lowest BCUT2D eigenvalue weighted by molar-refractivity contribution is -0.164. The van der Waals surface area contributed by atoms with E-state index in [1.165, 1.54) is 40.0 Å². The summed E-state index contributed by atoms with van der Waals surface area (Å²) in [7, 11) is 4.19. The van der Waals surface area contributed by atoms with E-state index >= 15 is 0 Å². The number of carboxylic acids is 1. The number of esters is 2. The van der Waals surface area contributed by atoms with Gasteiger partial charge in [0.15, 0.2) is 17.9 Å². The Morgan fingerprint density at radius 3 is 1.91 bits per heavy atom. The first kappa shape index (κ1) is 72.0. The molecule has 23 heteroatoms. The Morgan fingerprint density at radius 1 is 0.753 bits per heavy atom. The lowest BCUT2D eigenvalue weighted by atomic mass is 9.92. The van der Waals surface area contributed by atoms with Crippen LogP contribution >= 0.6 is 0 Å². The van der Waals surface area contributed by atoms with E-state index in [1.54, 1.807) is 90.1 Å². The number of Topliss-reactive ketones (excluding diaryl/α,β-unsaturated/α-hetero) is 1. The first-order valence-corrected chi connectivity index (χ1v) is 29.3. The van der Waals surface area contributed by atoms with Gasteiger partial charge >= 0.3 is 30.1 Å². The van der Waals surface area contributed by atoms with Gasteiger partial charge in [0.1, 0.15) is 48.2 Å². The zero-order chi connectivity index (χ0) is 64.2. The van der Waals surface area contributed by atoms with Gasteiger partial charge in [-0.1, -0.05) is 104 Å². The number of ketones is 1. The van der Waals surface area contributed by atoms with Crippen LogP contribution in [0.1, 0.15) is 140 Å². The number of nitrogens with zero attached hydrogens (tertiary/aromatic N) is 3. The summed E-state index contributed by atoms with van der Waals surface area (Å²) in [6.45, 7) is 21.8. The third kappa shape index (κ3) is 22.2. The Kier molecular flexibility index (Phi) is 28.3. The molecule has 474 valence electrons. The normalized spacial score (nSPS) is 16.9. The summed E-state index contributed by atoms with van der Waals surface area (Å²) in [6, 6.07) is 7.79. The molecule has 3 rings (SSSR count). The maximum Gasteiger partial charge on any atom is 0.410 e. The van der Waals surface area contributed by atoms with Gasteiger partial charge in [0.05, 0.1) is 31.6 Å². The third-order valence-corrected chi connectivity index (χ3v) is 14.8. The van der Waals surface area contributed by atoms with Gasteiger partial charge in [-0.2, -0.15) is 0 Å². The van der Waals surface area contributed by atoms with E-state index in [0.717, 1.165) is 9.80 Å². The number of ether oxygens (including phenoxy) is 5. The average Bonchev–Trinajstić information content (AvgIpc) is 2.89. The highest BCUT2D eigenvalue weighted by molar-refractivity contribution is 6.05. The number of hydrogen-bond donors (Lipinski definition) is 5. The number of nitrogens with one attached hydrogen (secondary N) is 3. The number of alkyl carbamates (subject to hydrolysis) is 1. The van der Waals surface area contributed by atoms with E-state index in [4.69, 9.17) is 23.7 Å². The fraction of sp³-hybridized carbons (Fsp3) is 0.645. The Balaban J connectivity index is 1.86. The van der Waals surface area contributed by atoms with Gasteiger partial charge in [0.25, 0.3) is 0 Å². The highest BCUT2D eigenvalue weighted by atomic mass is 16.6. The molecule has 85 heavy (non-hydrogen) atoms. The van der Waals surface area contributed by atoms with Gasteiger partial charge in [0, 0.05) is 27.1 Å². The molecule has 23 nitrogen and oxygen atoms in total. The summed E-state index contributed by atoms with van der Waals surface area (Å²) in [6.07, 6.45) is -5.50. The second kappa shape index (κ2) is 33.4. The summed E-state index contributed by atoms with van der Waals surface area (Å²) in [5.74, 6) is -9.50. The molecule has 1 fully saturated rings. The van der Waals surface area contributed by atoms with Crippen molar-refractivity contribution in [2.75, 3.05) is 27.7 Å². The highest BCUT2D eigenvalue weighted by Gasteiger charge is 2.44. The maximum atomic E-state index is 14.8. The fourth-order valence-electron chi connectivity index (χ4n) is 9.72. The molecule has 1 heterocycles. The molecular weight excluding hydrogens is 1100 g/mol. The molecule has 0 radical (unpaired) electrons. The molecule has 2 aromatic carbocycles. The summed E-state index contributed by atoms with van der Waals surface area (Å²) >= 11 is 0.